The minimum absolute atomic E-state index is 0.0748. The van der Waals surface area contributed by atoms with Gasteiger partial charge in [-0.1, -0.05) is 18.2 Å². The zero-order chi connectivity index (χ0) is 18.9. The van der Waals surface area contributed by atoms with Crippen LogP contribution in [-0.4, -0.2) is 43.2 Å². The third-order valence-corrected chi connectivity index (χ3v) is 5.93. The van der Waals surface area contributed by atoms with Gasteiger partial charge in [0, 0.05) is 36.2 Å². The molecule has 1 aromatic heterocycles. The molecule has 2 aromatic rings. The van der Waals surface area contributed by atoms with Gasteiger partial charge in [0.15, 0.2) is 0 Å². The van der Waals surface area contributed by atoms with E-state index in [1.165, 1.54) is 10.4 Å². The van der Waals surface area contributed by atoms with E-state index in [0.29, 0.717) is 12.6 Å². The average Bonchev–Trinajstić information content (AvgIpc) is 3.21. The highest BCUT2D eigenvalue weighted by molar-refractivity contribution is 7.09. The first-order valence-corrected chi connectivity index (χ1v) is 10.7. The minimum atomic E-state index is 0.0748. The average molecular weight is 387 g/mol. The number of thiophene rings is 1. The van der Waals surface area contributed by atoms with Gasteiger partial charge in [0.05, 0.1) is 0 Å². The molecule has 27 heavy (non-hydrogen) atoms. The van der Waals surface area contributed by atoms with E-state index in [4.69, 9.17) is 5.73 Å². The van der Waals surface area contributed by atoms with Crippen molar-refractivity contribution in [2.24, 2.45) is 5.73 Å². The summed E-state index contributed by atoms with van der Waals surface area (Å²) in [6.07, 6.45) is 4.90. The Bertz CT molecular complexity index is 679. The van der Waals surface area contributed by atoms with Crippen molar-refractivity contribution >= 4 is 23.1 Å². The Morgan fingerprint density at radius 1 is 1.15 bits per heavy atom. The van der Waals surface area contributed by atoms with E-state index in [1.54, 1.807) is 11.3 Å². The number of hydrogen-bond donors (Lipinski definition) is 3. The fraction of sp³-hybridized carbons (Fsp3) is 0.476. The number of hydrogen-bond acceptors (Lipinski definition) is 4. The molecule has 2 amide bonds. The second-order valence-electron chi connectivity index (χ2n) is 7.06. The second-order valence-corrected chi connectivity index (χ2v) is 8.09. The van der Waals surface area contributed by atoms with E-state index in [9.17, 15) is 4.79 Å². The van der Waals surface area contributed by atoms with Gasteiger partial charge < -0.3 is 21.3 Å². The Labute approximate surface area is 165 Å². The molecule has 146 valence electrons. The van der Waals surface area contributed by atoms with Gasteiger partial charge in [-0.15, -0.1) is 11.3 Å². The van der Waals surface area contributed by atoms with E-state index >= 15 is 0 Å². The largest absolute Gasteiger partial charge is 0.382 e. The lowest BCUT2D eigenvalue weighted by Gasteiger charge is -2.33. The van der Waals surface area contributed by atoms with Crippen molar-refractivity contribution in [3.63, 3.8) is 0 Å². The highest BCUT2D eigenvalue weighted by Gasteiger charge is 2.22. The van der Waals surface area contributed by atoms with E-state index in [1.807, 2.05) is 4.90 Å². The van der Waals surface area contributed by atoms with Crippen molar-refractivity contribution in [1.29, 1.82) is 0 Å². The molecule has 0 saturated carbocycles. The number of carbonyl (C=O) groups is 1. The molecular weight excluding hydrogens is 356 g/mol. The van der Waals surface area contributed by atoms with Crippen LogP contribution in [0, 0.1) is 0 Å². The number of piperidine rings is 1. The molecule has 1 saturated heterocycles. The maximum absolute atomic E-state index is 12.3. The van der Waals surface area contributed by atoms with Gasteiger partial charge in [-0.25, -0.2) is 4.79 Å². The monoisotopic (exact) mass is 386 g/mol. The summed E-state index contributed by atoms with van der Waals surface area (Å²) in [4.78, 5) is 15.6. The summed E-state index contributed by atoms with van der Waals surface area (Å²) in [5.74, 6) is 0. The van der Waals surface area contributed by atoms with E-state index in [2.05, 4.69) is 52.4 Å². The molecule has 0 aliphatic carbocycles. The van der Waals surface area contributed by atoms with Crippen LogP contribution in [0.3, 0.4) is 0 Å². The lowest BCUT2D eigenvalue weighted by Crippen LogP contribution is -2.47. The van der Waals surface area contributed by atoms with Gasteiger partial charge in [-0.3, -0.25) is 0 Å². The summed E-state index contributed by atoms with van der Waals surface area (Å²) < 4.78 is 0. The zero-order valence-corrected chi connectivity index (χ0v) is 16.6. The Balaban J connectivity index is 1.33. The normalized spacial score (nSPS) is 14.9. The number of carbonyl (C=O) groups excluding carboxylic acids is 1. The van der Waals surface area contributed by atoms with Crippen LogP contribution in [0.25, 0.3) is 0 Å². The molecule has 6 heteroatoms. The molecule has 0 bridgehead atoms. The lowest BCUT2D eigenvalue weighted by atomic mass is 10.0. The van der Waals surface area contributed by atoms with Crippen LogP contribution in [0.1, 0.15) is 29.7 Å². The number of benzene rings is 1. The summed E-state index contributed by atoms with van der Waals surface area (Å²) in [5, 5.41) is 8.75. The van der Waals surface area contributed by atoms with Crippen LogP contribution in [0.5, 0.6) is 0 Å². The van der Waals surface area contributed by atoms with Gasteiger partial charge in [0.25, 0.3) is 0 Å². The molecule has 1 aliphatic heterocycles. The highest BCUT2D eigenvalue weighted by Crippen LogP contribution is 2.17. The van der Waals surface area contributed by atoms with Crippen LogP contribution < -0.4 is 16.4 Å². The van der Waals surface area contributed by atoms with Crippen molar-refractivity contribution in [1.82, 2.24) is 10.2 Å². The molecule has 0 radical (unpaired) electrons. The third-order valence-electron chi connectivity index (χ3n) is 5.00. The number of nitrogens with two attached hydrogens (primary N) is 1. The Morgan fingerprint density at radius 3 is 2.59 bits per heavy atom. The van der Waals surface area contributed by atoms with Crippen molar-refractivity contribution in [3.8, 4) is 0 Å². The van der Waals surface area contributed by atoms with Crippen molar-refractivity contribution in [2.45, 2.75) is 38.1 Å². The van der Waals surface area contributed by atoms with E-state index in [-0.39, 0.29) is 6.03 Å². The van der Waals surface area contributed by atoms with Gasteiger partial charge in [0.2, 0.25) is 0 Å². The van der Waals surface area contributed by atoms with Gasteiger partial charge in [-0.05, 0) is 67.8 Å². The molecule has 4 N–H and O–H groups in total. The number of likely N-dealkylation sites (tertiary alicyclic amines) is 1. The van der Waals surface area contributed by atoms with Crippen molar-refractivity contribution in [2.75, 3.05) is 31.5 Å². The van der Waals surface area contributed by atoms with Crippen molar-refractivity contribution in [3.05, 3.63) is 52.2 Å². The van der Waals surface area contributed by atoms with Crippen LogP contribution in [0.2, 0.25) is 0 Å². The van der Waals surface area contributed by atoms with Gasteiger partial charge >= 0.3 is 6.03 Å². The summed E-state index contributed by atoms with van der Waals surface area (Å²) in [7, 11) is 0. The Kier molecular flexibility index (Phi) is 7.54. The molecule has 5 nitrogen and oxygen atoms in total. The summed E-state index contributed by atoms with van der Waals surface area (Å²) >= 11 is 1.78. The van der Waals surface area contributed by atoms with Gasteiger partial charge in [-0.2, -0.15) is 0 Å². The molecule has 0 atom stereocenters. The standard InChI is InChI=1S/C21H30N4OS/c22-12-9-17-5-7-18(8-6-17)24-19-10-14-25(15-11-19)21(26)23-13-1-3-20-4-2-16-27-20/h2,4-8,16,19,24H,1,3,9-15,22H2,(H,23,26). The minimum Gasteiger partial charge on any atom is -0.382 e. The molecule has 1 aliphatic rings. The smallest absolute Gasteiger partial charge is 0.317 e. The zero-order valence-electron chi connectivity index (χ0n) is 15.8. The molecule has 1 aromatic carbocycles. The van der Waals surface area contributed by atoms with Gasteiger partial charge in [0.1, 0.15) is 0 Å². The number of urea groups is 1. The molecule has 0 spiro atoms. The van der Waals surface area contributed by atoms with Crippen LogP contribution >= 0.6 is 11.3 Å². The second kappa shape index (κ2) is 10.3. The van der Waals surface area contributed by atoms with E-state index < -0.39 is 0 Å². The number of rotatable bonds is 8. The van der Waals surface area contributed by atoms with Crippen LogP contribution in [-0.2, 0) is 12.8 Å². The maximum atomic E-state index is 12.3. The van der Waals surface area contributed by atoms with Crippen molar-refractivity contribution < 1.29 is 4.79 Å². The first-order valence-electron chi connectivity index (χ1n) is 9.85. The van der Waals surface area contributed by atoms with Crippen LogP contribution in [0.15, 0.2) is 41.8 Å². The van der Waals surface area contributed by atoms with E-state index in [0.717, 1.165) is 57.4 Å². The summed E-state index contributed by atoms with van der Waals surface area (Å²) in [5.41, 5.74) is 8.01. The topological polar surface area (TPSA) is 70.4 Å². The molecule has 1 fully saturated rings. The Morgan fingerprint density at radius 2 is 1.93 bits per heavy atom. The Hall–Kier alpha value is -2.05. The predicted octanol–water partition coefficient (Wildman–Crippen LogP) is 3.47. The number of aryl methyl sites for hydroxylation is 1. The summed E-state index contributed by atoms with van der Waals surface area (Å²) in [6.45, 7) is 3.03. The lowest BCUT2D eigenvalue weighted by molar-refractivity contribution is 0.183. The fourth-order valence-electron chi connectivity index (χ4n) is 3.42. The number of nitrogens with one attached hydrogen (secondary N) is 2. The SMILES string of the molecule is NCCc1ccc(NC2CCN(C(=O)NCCCc3cccs3)CC2)cc1. The summed E-state index contributed by atoms with van der Waals surface area (Å²) in [6, 6.07) is 13.2. The number of amides is 2. The quantitative estimate of drug-likeness (QED) is 0.609. The number of nitrogens with zero attached hydrogens (tertiary/aromatic N) is 1. The molecule has 3 rings (SSSR count). The first kappa shape index (κ1) is 19.7. The highest BCUT2D eigenvalue weighted by atomic mass is 32.1. The molecule has 2 heterocycles. The fourth-order valence-corrected chi connectivity index (χ4v) is 4.17. The van der Waals surface area contributed by atoms with Crippen LogP contribution in [0.4, 0.5) is 10.5 Å². The predicted molar refractivity (Wildman–Crippen MR) is 113 cm³/mol. The molecule has 0 unspecified atom stereocenters. The maximum Gasteiger partial charge on any atom is 0.317 e. The molecular formula is C21H30N4OS. The number of anilines is 1. The third kappa shape index (κ3) is 6.26. The first-order chi connectivity index (χ1) is 13.2.